The Bertz CT molecular complexity index is 701. The van der Waals surface area contributed by atoms with Crippen molar-refractivity contribution in [3.63, 3.8) is 0 Å². The Morgan fingerprint density at radius 1 is 1.00 bits per heavy atom. The summed E-state index contributed by atoms with van der Waals surface area (Å²) in [5.74, 6) is -0.251. The lowest BCUT2D eigenvalue weighted by Gasteiger charge is -2.01. The molecule has 2 N–H and O–H groups in total. The first-order valence-corrected chi connectivity index (χ1v) is 5.89. The van der Waals surface area contributed by atoms with Crippen molar-refractivity contribution in [3.05, 3.63) is 66.7 Å². The normalized spacial score (nSPS) is 10.6. The van der Waals surface area contributed by atoms with Gasteiger partial charge in [-0.25, -0.2) is 9.07 Å². The molecule has 0 aliphatic rings. The largest absolute Gasteiger partial charge is 0.399 e. The van der Waals surface area contributed by atoms with E-state index in [9.17, 15) is 4.39 Å². The summed E-state index contributed by atoms with van der Waals surface area (Å²) >= 11 is 0. The molecule has 1 heterocycles. The SMILES string of the molecule is Nc1ccc(-n2cc(-c3ccccc3F)cn2)cc1. The number of hydrogen-bond acceptors (Lipinski definition) is 2. The van der Waals surface area contributed by atoms with E-state index < -0.39 is 0 Å². The third-order valence-electron chi connectivity index (χ3n) is 2.93. The molecule has 3 aromatic rings. The van der Waals surface area contributed by atoms with Crippen LogP contribution < -0.4 is 5.73 Å². The Labute approximate surface area is 110 Å². The number of nitrogens with two attached hydrogens (primary N) is 1. The second kappa shape index (κ2) is 4.57. The second-order valence-corrected chi connectivity index (χ2v) is 4.24. The predicted molar refractivity (Wildman–Crippen MR) is 73.4 cm³/mol. The summed E-state index contributed by atoms with van der Waals surface area (Å²) in [6.45, 7) is 0. The van der Waals surface area contributed by atoms with E-state index >= 15 is 0 Å². The molecule has 1 aromatic heterocycles. The molecule has 0 unspecified atom stereocenters. The van der Waals surface area contributed by atoms with Gasteiger partial charge in [-0.3, -0.25) is 0 Å². The number of anilines is 1. The summed E-state index contributed by atoms with van der Waals surface area (Å²) in [5.41, 5.74) is 8.52. The predicted octanol–water partition coefficient (Wildman–Crippen LogP) is 3.26. The van der Waals surface area contributed by atoms with Crippen LogP contribution in [0.3, 0.4) is 0 Å². The highest BCUT2D eigenvalue weighted by Crippen LogP contribution is 2.23. The average Bonchev–Trinajstić information content (AvgIpc) is 2.89. The molecule has 0 saturated carbocycles. The first kappa shape index (κ1) is 11.5. The van der Waals surface area contributed by atoms with Crippen LogP contribution in [-0.4, -0.2) is 9.78 Å². The third kappa shape index (κ3) is 2.20. The van der Waals surface area contributed by atoms with E-state index in [-0.39, 0.29) is 5.82 Å². The minimum absolute atomic E-state index is 0.251. The summed E-state index contributed by atoms with van der Waals surface area (Å²) in [6, 6.07) is 14.0. The van der Waals surface area contributed by atoms with Gasteiger partial charge in [-0.05, 0) is 30.3 Å². The van der Waals surface area contributed by atoms with Crippen molar-refractivity contribution in [2.24, 2.45) is 0 Å². The van der Waals surface area contributed by atoms with Crippen LogP contribution in [0.4, 0.5) is 10.1 Å². The smallest absolute Gasteiger partial charge is 0.131 e. The van der Waals surface area contributed by atoms with E-state index in [0.29, 0.717) is 11.3 Å². The highest BCUT2D eigenvalue weighted by atomic mass is 19.1. The van der Waals surface area contributed by atoms with Crippen molar-refractivity contribution in [2.75, 3.05) is 5.73 Å². The molecule has 19 heavy (non-hydrogen) atoms. The lowest BCUT2D eigenvalue weighted by atomic mass is 10.1. The molecule has 0 bridgehead atoms. The number of rotatable bonds is 2. The van der Waals surface area contributed by atoms with Crippen molar-refractivity contribution >= 4 is 5.69 Å². The van der Waals surface area contributed by atoms with Gasteiger partial charge < -0.3 is 5.73 Å². The summed E-state index contributed by atoms with van der Waals surface area (Å²) < 4.78 is 15.4. The molecule has 0 spiro atoms. The second-order valence-electron chi connectivity index (χ2n) is 4.24. The van der Waals surface area contributed by atoms with E-state index in [1.807, 2.05) is 12.1 Å². The summed E-state index contributed by atoms with van der Waals surface area (Å²) in [7, 11) is 0. The molecule has 94 valence electrons. The molecule has 3 nitrogen and oxygen atoms in total. The van der Waals surface area contributed by atoms with Gasteiger partial charge in [0.25, 0.3) is 0 Å². The quantitative estimate of drug-likeness (QED) is 0.712. The number of benzene rings is 2. The zero-order chi connectivity index (χ0) is 13.2. The monoisotopic (exact) mass is 253 g/mol. The Balaban J connectivity index is 2.00. The van der Waals surface area contributed by atoms with Gasteiger partial charge in [-0.1, -0.05) is 18.2 Å². The zero-order valence-electron chi connectivity index (χ0n) is 10.1. The first-order chi connectivity index (χ1) is 9.24. The number of aromatic nitrogens is 2. The van der Waals surface area contributed by atoms with Crippen LogP contribution in [-0.2, 0) is 0 Å². The molecular formula is C15H12FN3. The molecule has 4 heteroatoms. The Kier molecular flexibility index (Phi) is 2.76. The molecule has 0 aliphatic heterocycles. The minimum atomic E-state index is -0.251. The van der Waals surface area contributed by atoms with E-state index in [4.69, 9.17) is 5.73 Å². The van der Waals surface area contributed by atoms with Gasteiger partial charge in [0.2, 0.25) is 0 Å². The lowest BCUT2D eigenvalue weighted by Crippen LogP contribution is -1.94. The van der Waals surface area contributed by atoms with Crippen LogP contribution in [0.25, 0.3) is 16.8 Å². The van der Waals surface area contributed by atoms with Crippen LogP contribution in [0.1, 0.15) is 0 Å². The Morgan fingerprint density at radius 3 is 2.47 bits per heavy atom. The van der Waals surface area contributed by atoms with Gasteiger partial charge >= 0.3 is 0 Å². The standard InChI is InChI=1S/C15H12FN3/c16-15-4-2-1-3-14(15)11-9-18-19(10-11)13-7-5-12(17)6-8-13/h1-10H,17H2. The third-order valence-corrected chi connectivity index (χ3v) is 2.93. The van der Waals surface area contributed by atoms with Crippen LogP contribution in [0.5, 0.6) is 0 Å². The fourth-order valence-electron chi connectivity index (χ4n) is 1.93. The van der Waals surface area contributed by atoms with Gasteiger partial charge in [-0.2, -0.15) is 5.10 Å². The van der Waals surface area contributed by atoms with Gasteiger partial charge in [0, 0.05) is 23.0 Å². The molecule has 0 aliphatic carbocycles. The number of nitrogen functional groups attached to an aromatic ring is 1. The highest BCUT2D eigenvalue weighted by molar-refractivity contribution is 5.63. The molecule has 3 rings (SSSR count). The van der Waals surface area contributed by atoms with Crippen molar-refractivity contribution in [2.45, 2.75) is 0 Å². The minimum Gasteiger partial charge on any atom is -0.399 e. The summed E-state index contributed by atoms with van der Waals surface area (Å²) in [5, 5.41) is 4.24. The van der Waals surface area contributed by atoms with Crippen molar-refractivity contribution in [1.82, 2.24) is 9.78 Å². The fraction of sp³-hybridized carbons (Fsp3) is 0. The average molecular weight is 253 g/mol. The van der Waals surface area contributed by atoms with E-state index in [1.165, 1.54) is 6.07 Å². The van der Waals surface area contributed by atoms with Crippen molar-refractivity contribution in [3.8, 4) is 16.8 Å². The van der Waals surface area contributed by atoms with Gasteiger partial charge in [0.15, 0.2) is 0 Å². The molecule has 2 aromatic carbocycles. The zero-order valence-corrected chi connectivity index (χ0v) is 10.1. The maximum absolute atomic E-state index is 13.7. The van der Waals surface area contributed by atoms with Crippen LogP contribution in [0.2, 0.25) is 0 Å². The maximum atomic E-state index is 13.7. The van der Waals surface area contributed by atoms with E-state index in [0.717, 1.165) is 11.3 Å². The lowest BCUT2D eigenvalue weighted by molar-refractivity contribution is 0.631. The maximum Gasteiger partial charge on any atom is 0.131 e. The first-order valence-electron chi connectivity index (χ1n) is 5.89. The fourth-order valence-corrected chi connectivity index (χ4v) is 1.93. The van der Waals surface area contributed by atoms with Gasteiger partial charge in [-0.15, -0.1) is 0 Å². The van der Waals surface area contributed by atoms with Crippen molar-refractivity contribution < 1.29 is 4.39 Å². The number of halogens is 1. The molecule has 0 radical (unpaired) electrons. The number of hydrogen-bond donors (Lipinski definition) is 1. The van der Waals surface area contributed by atoms with Gasteiger partial charge in [0.05, 0.1) is 11.9 Å². The Hall–Kier alpha value is -2.62. The molecule has 0 fully saturated rings. The van der Waals surface area contributed by atoms with Crippen LogP contribution in [0, 0.1) is 5.82 Å². The molecule has 0 amide bonds. The molecule has 0 saturated heterocycles. The topological polar surface area (TPSA) is 43.8 Å². The van der Waals surface area contributed by atoms with Crippen LogP contribution in [0.15, 0.2) is 60.9 Å². The number of nitrogens with zero attached hydrogens (tertiary/aromatic N) is 2. The van der Waals surface area contributed by atoms with Gasteiger partial charge in [0.1, 0.15) is 5.82 Å². The summed E-state index contributed by atoms with van der Waals surface area (Å²) in [6.07, 6.45) is 3.44. The Morgan fingerprint density at radius 2 is 1.74 bits per heavy atom. The van der Waals surface area contributed by atoms with E-state index in [1.54, 1.807) is 47.4 Å². The van der Waals surface area contributed by atoms with Crippen molar-refractivity contribution in [1.29, 1.82) is 0 Å². The van der Waals surface area contributed by atoms with Crippen LogP contribution >= 0.6 is 0 Å². The molecule has 0 atom stereocenters. The van der Waals surface area contributed by atoms with E-state index in [2.05, 4.69) is 5.10 Å². The molecular weight excluding hydrogens is 241 g/mol. The highest BCUT2D eigenvalue weighted by Gasteiger charge is 2.07. The summed E-state index contributed by atoms with van der Waals surface area (Å²) in [4.78, 5) is 0.